The van der Waals surface area contributed by atoms with Crippen LogP contribution in [0.3, 0.4) is 0 Å². The monoisotopic (exact) mass is 860 g/mol. The minimum absolute atomic E-state index is 0.0122. The summed E-state index contributed by atoms with van der Waals surface area (Å²) in [4.78, 5) is 59.5. The van der Waals surface area contributed by atoms with E-state index >= 15 is 0 Å². The lowest BCUT2D eigenvalue weighted by Crippen LogP contribution is -2.09. The van der Waals surface area contributed by atoms with Crippen molar-refractivity contribution in [2.45, 2.75) is 13.8 Å². The SMILES string of the molecule is Cc1c(-c2ccccc2)oc2c(C(=O)O)cccc2c1=O.Cc1c(-c2ccccc2)oc2c(C(=O)O)cccc2c1=O.O=c1cc(-c2ccccc2)oc2ccc(Br)cc12. The topological polar surface area (TPSA) is 165 Å². The van der Waals surface area contributed by atoms with Crippen molar-refractivity contribution >= 4 is 60.8 Å². The molecule has 296 valence electrons. The van der Waals surface area contributed by atoms with Crippen molar-refractivity contribution in [2.24, 2.45) is 0 Å². The first kappa shape index (κ1) is 40.6. The Morgan fingerprint density at radius 3 is 1.35 bits per heavy atom. The van der Waals surface area contributed by atoms with Crippen LogP contribution >= 0.6 is 15.9 Å². The van der Waals surface area contributed by atoms with Gasteiger partial charge in [-0.25, -0.2) is 9.59 Å². The summed E-state index contributed by atoms with van der Waals surface area (Å²) >= 11 is 3.35. The average Bonchev–Trinajstić information content (AvgIpc) is 3.27. The summed E-state index contributed by atoms with van der Waals surface area (Å²) in [6.07, 6.45) is 0. The van der Waals surface area contributed by atoms with Crippen molar-refractivity contribution in [1.29, 1.82) is 0 Å². The number of carboxylic acids is 2. The van der Waals surface area contributed by atoms with Gasteiger partial charge in [0.15, 0.2) is 27.5 Å². The van der Waals surface area contributed by atoms with Gasteiger partial charge in [-0.05, 0) is 56.3 Å². The average molecular weight is 862 g/mol. The van der Waals surface area contributed by atoms with Crippen LogP contribution in [0.1, 0.15) is 31.8 Å². The van der Waals surface area contributed by atoms with E-state index in [1.54, 1.807) is 50.2 Å². The molecule has 6 aromatic carbocycles. The van der Waals surface area contributed by atoms with Crippen molar-refractivity contribution < 1.29 is 33.1 Å². The molecule has 11 heteroatoms. The summed E-state index contributed by atoms with van der Waals surface area (Å²) in [6, 6.07) is 44.0. The van der Waals surface area contributed by atoms with E-state index in [0.29, 0.717) is 39.4 Å². The van der Waals surface area contributed by atoms with Gasteiger partial charge in [-0.2, -0.15) is 0 Å². The summed E-state index contributed by atoms with van der Waals surface area (Å²) < 4.78 is 18.2. The zero-order valence-corrected chi connectivity index (χ0v) is 33.6. The molecule has 9 rings (SSSR count). The van der Waals surface area contributed by atoms with Crippen LogP contribution in [0.15, 0.2) is 184 Å². The Labute approximate surface area is 349 Å². The standard InChI is InChI=1S/2C17H12O4.C15H9BrO2/c2*1-10-14(18)12-8-5-9-13(17(19)20)16(12)21-15(10)11-6-3-2-4-7-11;16-11-6-7-14-12(8-11)13(17)9-15(18-14)10-4-2-1-3-5-10/h2*2-9H,1H3,(H,19,20);1-9H. The van der Waals surface area contributed by atoms with Crippen molar-refractivity contribution in [3.8, 4) is 34.0 Å². The van der Waals surface area contributed by atoms with Gasteiger partial charge >= 0.3 is 11.9 Å². The number of fused-ring (bicyclic) bond motifs is 3. The van der Waals surface area contributed by atoms with Gasteiger partial charge < -0.3 is 23.5 Å². The number of carboxylic acid groups (broad SMARTS) is 2. The van der Waals surface area contributed by atoms with Gasteiger partial charge in [-0.15, -0.1) is 0 Å². The number of rotatable bonds is 5. The second kappa shape index (κ2) is 17.5. The van der Waals surface area contributed by atoms with E-state index in [1.807, 2.05) is 97.1 Å². The lowest BCUT2D eigenvalue weighted by atomic mass is 10.0. The maximum atomic E-state index is 12.4. The molecule has 0 amide bonds. The van der Waals surface area contributed by atoms with E-state index in [2.05, 4.69) is 15.9 Å². The Bertz CT molecular complexity index is 3090. The van der Waals surface area contributed by atoms with Crippen LogP contribution in [0.25, 0.3) is 66.9 Å². The molecule has 0 saturated carbocycles. The lowest BCUT2D eigenvalue weighted by Gasteiger charge is -2.08. The molecule has 3 aromatic heterocycles. The first-order valence-electron chi connectivity index (χ1n) is 18.4. The Kier molecular flexibility index (Phi) is 11.8. The minimum Gasteiger partial charge on any atom is -0.478 e. The summed E-state index contributed by atoms with van der Waals surface area (Å²) in [6.45, 7) is 3.36. The molecule has 0 fully saturated rings. The molecule has 3 heterocycles. The number of hydrogen-bond donors (Lipinski definition) is 2. The Balaban J connectivity index is 0.000000137. The third-order valence-corrected chi connectivity index (χ3v) is 10.1. The van der Waals surface area contributed by atoms with Gasteiger partial charge in [-0.3, -0.25) is 14.4 Å². The molecule has 60 heavy (non-hydrogen) atoms. The predicted molar refractivity (Wildman–Crippen MR) is 235 cm³/mol. The second-order valence-corrected chi connectivity index (χ2v) is 14.4. The van der Waals surface area contributed by atoms with Crippen LogP contribution in [0, 0.1) is 13.8 Å². The normalized spacial score (nSPS) is 10.7. The molecule has 9 aromatic rings. The van der Waals surface area contributed by atoms with Crippen molar-refractivity contribution in [2.75, 3.05) is 0 Å². The second-order valence-electron chi connectivity index (χ2n) is 13.5. The molecule has 0 atom stereocenters. The maximum Gasteiger partial charge on any atom is 0.339 e. The number of aromatic carboxylic acids is 2. The van der Waals surface area contributed by atoms with E-state index in [-0.39, 0.29) is 49.4 Å². The lowest BCUT2D eigenvalue weighted by molar-refractivity contribution is 0.0686. The van der Waals surface area contributed by atoms with Gasteiger partial charge in [0.25, 0.3) is 0 Å². The van der Waals surface area contributed by atoms with Gasteiger partial charge in [0, 0.05) is 38.4 Å². The fourth-order valence-electron chi connectivity index (χ4n) is 6.56. The molecule has 0 radical (unpaired) electrons. The third-order valence-electron chi connectivity index (χ3n) is 9.57. The van der Waals surface area contributed by atoms with E-state index in [9.17, 15) is 34.2 Å². The summed E-state index contributed by atoms with van der Waals surface area (Å²) in [7, 11) is 0. The van der Waals surface area contributed by atoms with Crippen LogP contribution in [0.4, 0.5) is 0 Å². The highest BCUT2D eigenvalue weighted by Crippen LogP contribution is 2.29. The zero-order valence-electron chi connectivity index (χ0n) is 32.0. The van der Waals surface area contributed by atoms with Crippen LogP contribution in [0.2, 0.25) is 0 Å². The summed E-state index contributed by atoms with van der Waals surface area (Å²) in [5, 5.41) is 19.6. The zero-order chi connectivity index (χ0) is 42.5. The Morgan fingerprint density at radius 1 is 0.483 bits per heavy atom. The molecule has 0 aliphatic carbocycles. The van der Waals surface area contributed by atoms with Crippen molar-refractivity contribution in [3.63, 3.8) is 0 Å². The summed E-state index contributed by atoms with van der Waals surface area (Å²) in [5.41, 5.74) is 3.68. The molecule has 10 nitrogen and oxygen atoms in total. The van der Waals surface area contributed by atoms with Crippen LogP contribution in [-0.2, 0) is 0 Å². The van der Waals surface area contributed by atoms with E-state index in [0.717, 1.165) is 21.2 Å². The van der Waals surface area contributed by atoms with Crippen LogP contribution < -0.4 is 16.3 Å². The van der Waals surface area contributed by atoms with Crippen molar-refractivity contribution in [3.05, 3.63) is 209 Å². The molecule has 0 aliphatic heterocycles. The van der Waals surface area contributed by atoms with Gasteiger partial charge in [-0.1, -0.05) is 119 Å². The van der Waals surface area contributed by atoms with E-state index in [1.165, 1.54) is 18.2 Å². The smallest absolute Gasteiger partial charge is 0.339 e. The minimum atomic E-state index is -1.12. The highest BCUT2D eigenvalue weighted by Gasteiger charge is 2.19. The quantitative estimate of drug-likeness (QED) is 0.170. The number of hydrogen-bond acceptors (Lipinski definition) is 8. The Morgan fingerprint density at radius 2 is 0.917 bits per heavy atom. The first-order chi connectivity index (χ1) is 28.9. The highest BCUT2D eigenvalue weighted by molar-refractivity contribution is 9.10. The highest BCUT2D eigenvalue weighted by atomic mass is 79.9. The fraction of sp³-hybridized carbons (Fsp3) is 0.0408. The number of para-hydroxylation sites is 2. The van der Waals surface area contributed by atoms with Crippen LogP contribution in [0.5, 0.6) is 0 Å². The van der Waals surface area contributed by atoms with Gasteiger partial charge in [0.2, 0.25) is 0 Å². The molecule has 0 spiro atoms. The molecule has 2 N–H and O–H groups in total. The molecule has 0 bridgehead atoms. The molecular weight excluding hydrogens is 828 g/mol. The number of benzene rings is 6. The van der Waals surface area contributed by atoms with Gasteiger partial charge in [0.1, 0.15) is 34.0 Å². The number of carbonyl (C=O) groups is 2. The predicted octanol–water partition coefficient (Wildman–Crippen LogP) is 11.2. The summed E-state index contributed by atoms with van der Waals surface area (Å²) in [5.74, 6) is -0.836. The number of halogens is 1. The van der Waals surface area contributed by atoms with E-state index < -0.39 is 11.9 Å². The maximum absolute atomic E-state index is 12.4. The van der Waals surface area contributed by atoms with Gasteiger partial charge in [0.05, 0.1) is 16.2 Å². The molecule has 0 saturated heterocycles. The van der Waals surface area contributed by atoms with Crippen LogP contribution in [-0.4, -0.2) is 22.2 Å². The molecule has 0 unspecified atom stereocenters. The Hall–Kier alpha value is -7.63. The van der Waals surface area contributed by atoms with Crippen molar-refractivity contribution in [1.82, 2.24) is 0 Å². The third kappa shape index (κ3) is 8.33. The largest absolute Gasteiger partial charge is 0.478 e. The fourth-order valence-corrected chi connectivity index (χ4v) is 6.92. The molecular formula is C49H33BrO10. The molecule has 0 aliphatic rings. The van der Waals surface area contributed by atoms with E-state index in [4.69, 9.17) is 13.3 Å². The first-order valence-corrected chi connectivity index (χ1v) is 19.2.